The number of benzene rings is 1. The second-order valence-corrected chi connectivity index (χ2v) is 11.2. The van der Waals surface area contributed by atoms with Gasteiger partial charge in [0, 0.05) is 37.8 Å². The van der Waals surface area contributed by atoms with Gasteiger partial charge in [0.25, 0.3) is 11.8 Å². The number of aromatic nitrogens is 5. The number of imidazole rings is 1. The van der Waals surface area contributed by atoms with Crippen molar-refractivity contribution in [3.8, 4) is 0 Å². The van der Waals surface area contributed by atoms with Gasteiger partial charge < -0.3 is 15.6 Å². The molecule has 236 valence electrons. The molecule has 2 aromatic heterocycles. The van der Waals surface area contributed by atoms with Gasteiger partial charge in [-0.25, -0.2) is 45.4 Å². The molecule has 3 aromatic rings. The number of carbonyl (C=O) groups excluding carboxylic acids is 2. The number of carbonyl (C=O) groups is 2. The molecule has 3 N–H and O–H groups in total. The van der Waals surface area contributed by atoms with Gasteiger partial charge in [-0.3, -0.25) is 9.59 Å². The summed E-state index contributed by atoms with van der Waals surface area (Å²) in [6, 6.07) is 1.14. The summed E-state index contributed by atoms with van der Waals surface area (Å²) in [5, 5.41) is 8.67. The predicted molar refractivity (Wildman–Crippen MR) is 141 cm³/mol. The smallest absolute Gasteiger partial charge is 0.289 e. The Kier molecular flexibility index (Phi) is 9.35. The van der Waals surface area contributed by atoms with E-state index in [1.807, 2.05) is 5.32 Å². The Morgan fingerprint density at radius 3 is 2.47 bits per heavy atom. The number of halogens is 7. The van der Waals surface area contributed by atoms with Crippen molar-refractivity contribution in [1.82, 2.24) is 35.4 Å². The van der Waals surface area contributed by atoms with E-state index in [-0.39, 0.29) is 41.6 Å². The zero-order valence-corrected chi connectivity index (χ0v) is 23.6. The number of aromatic amines is 1. The molecule has 0 radical (unpaired) electrons. The van der Waals surface area contributed by atoms with E-state index in [4.69, 9.17) is 0 Å². The first-order valence-corrected chi connectivity index (χ1v) is 13.8. The van der Waals surface area contributed by atoms with E-state index in [9.17, 15) is 35.9 Å². The topological polar surface area (TPSA) is 118 Å². The first-order valence-electron chi connectivity index (χ1n) is 13.8. The van der Waals surface area contributed by atoms with Gasteiger partial charge >= 0.3 is 0 Å². The monoisotopic (exact) mass is 619 g/mol. The highest BCUT2D eigenvalue weighted by Crippen LogP contribution is 2.41. The Bertz CT molecular complexity index is 1440. The Labute approximate surface area is 242 Å². The molecule has 2 amide bonds. The van der Waals surface area contributed by atoms with Gasteiger partial charge in [0.15, 0.2) is 5.82 Å². The Balaban J connectivity index is 1.70. The molecule has 1 aliphatic rings. The summed E-state index contributed by atoms with van der Waals surface area (Å²) < 4.78 is 98.4. The molecular weight excluding hydrogens is 587 g/mol. The number of nitrogens with zero attached hydrogens (tertiary/aromatic N) is 4. The standard InChI is InChI=1S/C27H32F7N7O2/c1-13(2)41-23(36-12-37-41)25(43)40-20(14-6-8-27(33,34)9-7-14)22-38-17-5-4-15(19(30)21(17)39-22)16(10-18(28)29)24(42)35-11-26(3,31)32/h4-5,12-14,16,18,20H,6-11H2,1-3H3,(H,35,42)(H,38,39)(H,40,43)/t16?,20-/m0/s1. The fraction of sp³-hybridized carbons (Fsp3) is 0.593. The van der Waals surface area contributed by atoms with Gasteiger partial charge in [-0.15, -0.1) is 0 Å². The molecule has 2 heterocycles. The molecule has 1 aliphatic carbocycles. The number of H-pyrrole nitrogens is 1. The quantitative estimate of drug-likeness (QED) is 0.239. The Hall–Kier alpha value is -3.72. The Morgan fingerprint density at radius 1 is 1.19 bits per heavy atom. The van der Waals surface area contributed by atoms with Crippen molar-refractivity contribution in [2.24, 2.45) is 5.92 Å². The summed E-state index contributed by atoms with van der Waals surface area (Å²) >= 11 is 0. The highest BCUT2D eigenvalue weighted by molar-refractivity contribution is 5.91. The molecule has 43 heavy (non-hydrogen) atoms. The predicted octanol–water partition coefficient (Wildman–Crippen LogP) is 5.68. The van der Waals surface area contributed by atoms with Crippen LogP contribution in [0, 0.1) is 11.7 Å². The summed E-state index contributed by atoms with van der Waals surface area (Å²) in [5.41, 5.74) is -0.755. The number of amides is 2. The van der Waals surface area contributed by atoms with Crippen LogP contribution in [0.2, 0.25) is 0 Å². The summed E-state index contributed by atoms with van der Waals surface area (Å²) in [4.78, 5) is 37.0. The Morgan fingerprint density at radius 2 is 1.86 bits per heavy atom. The van der Waals surface area contributed by atoms with Gasteiger partial charge in [-0.05, 0) is 38.7 Å². The van der Waals surface area contributed by atoms with Crippen molar-refractivity contribution in [1.29, 1.82) is 0 Å². The highest BCUT2D eigenvalue weighted by Gasteiger charge is 2.40. The SMILES string of the molecule is CC(C)n1ncnc1C(=O)N[C@H](c1nc2c(F)c(C(CC(F)F)C(=O)NCC(C)(F)F)ccc2[nH]1)C1CCC(F)(F)CC1. The number of rotatable bonds is 11. The lowest BCUT2D eigenvalue weighted by Gasteiger charge is -2.33. The molecular formula is C27H32F7N7O2. The lowest BCUT2D eigenvalue weighted by Crippen LogP contribution is -2.38. The van der Waals surface area contributed by atoms with Crippen molar-refractivity contribution in [3.05, 3.63) is 41.5 Å². The van der Waals surface area contributed by atoms with E-state index in [0.717, 1.165) is 6.07 Å². The van der Waals surface area contributed by atoms with E-state index < -0.39 is 85.2 Å². The molecule has 1 aromatic carbocycles. The van der Waals surface area contributed by atoms with Crippen molar-refractivity contribution < 1.29 is 40.3 Å². The van der Waals surface area contributed by atoms with Crippen LogP contribution >= 0.6 is 0 Å². The van der Waals surface area contributed by atoms with Gasteiger partial charge in [-0.1, -0.05) is 6.07 Å². The summed E-state index contributed by atoms with van der Waals surface area (Å²) in [5.74, 6) is -11.6. The van der Waals surface area contributed by atoms with Gasteiger partial charge in [-0.2, -0.15) is 5.10 Å². The average molecular weight is 620 g/mol. The van der Waals surface area contributed by atoms with Crippen molar-refractivity contribution >= 4 is 22.8 Å². The number of hydrogen-bond acceptors (Lipinski definition) is 5. The maximum Gasteiger partial charge on any atom is 0.289 e. The third-order valence-electron chi connectivity index (χ3n) is 7.40. The molecule has 16 heteroatoms. The molecule has 0 aliphatic heterocycles. The molecule has 0 spiro atoms. The molecule has 0 bridgehead atoms. The van der Waals surface area contributed by atoms with E-state index in [1.165, 1.54) is 17.1 Å². The average Bonchev–Trinajstić information content (AvgIpc) is 3.57. The van der Waals surface area contributed by atoms with Crippen LogP contribution in [0.25, 0.3) is 11.0 Å². The fourth-order valence-corrected chi connectivity index (χ4v) is 5.21. The van der Waals surface area contributed by atoms with Crippen molar-refractivity contribution in [2.45, 2.75) is 89.1 Å². The first-order chi connectivity index (χ1) is 20.1. The maximum atomic E-state index is 15.8. The number of alkyl halides is 6. The minimum absolute atomic E-state index is 0.0122. The van der Waals surface area contributed by atoms with Gasteiger partial charge in [0.1, 0.15) is 17.7 Å². The minimum atomic E-state index is -3.32. The zero-order chi connectivity index (χ0) is 31.7. The van der Waals surface area contributed by atoms with Crippen LogP contribution in [0.5, 0.6) is 0 Å². The molecule has 4 rings (SSSR count). The van der Waals surface area contributed by atoms with Crippen LogP contribution in [-0.2, 0) is 4.79 Å². The van der Waals surface area contributed by atoms with E-state index >= 15 is 4.39 Å². The number of hydrogen-bond donors (Lipinski definition) is 3. The maximum absolute atomic E-state index is 15.8. The van der Waals surface area contributed by atoms with E-state index in [1.54, 1.807) is 13.8 Å². The van der Waals surface area contributed by atoms with Crippen LogP contribution in [0.4, 0.5) is 30.7 Å². The highest BCUT2D eigenvalue weighted by atomic mass is 19.3. The van der Waals surface area contributed by atoms with Gasteiger partial charge in [0.05, 0.1) is 24.0 Å². The lowest BCUT2D eigenvalue weighted by atomic mass is 9.81. The summed E-state index contributed by atoms with van der Waals surface area (Å²) in [7, 11) is 0. The molecule has 1 unspecified atom stereocenters. The van der Waals surface area contributed by atoms with Crippen molar-refractivity contribution in [2.75, 3.05) is 6.54 Å². The van der Waals surface area contributed by atoms with Crippen LogP contribution in [-0.4, -0.2) is 61.4 Å². The summed E-state index contributed by atoms with van der Waals surface area (Å²) in [6.07, 6.45) is -3.85. The second-order valence-electron chi connectivity index (χ2n) is 11.2. The molecule has 1 fully saturated rings. The molecule has 1 saturated carbocycles. The van der Waals surface area contributed by atoms with Crippen LogP contribution in [0.1, 0.15) is 92.9 Å². The third kappa shape index (κ3) is 7.63. The fourth-order valence-electron chi connectivity index (χ4n) is 5.21. The van der Waals surface area contributed by atoms with Gasteiger partial charge in [0.2, 0.25) is 24.1 Å². The van der Waals surface area contributed by atoms with E-state index in [2.05, 4.69) is 25.4 Å². The normalized spacial score (nSPS) is 17.4. The number of nitrogens with one attached hydrogen (secondary N) is 3. The number of fused-ring (bicyclic) bond motifs is 1. The van der Waals surface area contributed by atoms with Crippen LogP contribution < -0.4 is 10.6 Å². The summed E-state index contributed by atoms with van der Waals surface area (Å²) in [6.45, 7) is 2.96. The van der Waals surface area contributed by atoms with E-state index in [0.29, 0.717) is 6.92 Å². The largest absolute Gasteiger partial charge is 0.350 e. The molecule has 0 saturated heterocycles. The zero-order valence-electron chi connectivity index (χ0n) is 23.6. The minimum Gasteiger partial charge on any atom is -0.350 e. The molecule has 9 nitrogen and oxygen atoms in total. The lowest BCUT2D eigenvalue weighted by molar-refractivity contribution is -0.125. The van der Waals surface area contributed by atoms with Crippen LogP contribution in [0.3, 0.4) is 0 Å². The van der Waals surface area contributed by atoms with Crippen molar-refractivity contribution in [3.63, 3.8) is 0 Å². The molecule has 2 atom stereocenters. The second kappa shape index (κ2) is 12.5. The third-order valence-corrected chi connectivity index (χ3v) is 7.40. The first kappa shape index (κ1) is 32.2. The van der Waals surface area contributed by atoms with Crippen LogP contribution in [0.15, 0.2) is 18.5 Å².